The summed E-state index contributed by atoms with van der Waals surface area (Å²) in [4.78, 5) is 1.56. The van der Waals surface area contributed by atoms with E-state index in [9.17, 15) is 0 Å². The number of nitrogens with one attached hydrogen (secondary N) is 1. The van der Waals surface area contributed by atoms with Crippen molar-refractivity contribution in [3.8, 4) is 0 Å². The van der Waals surface area contributed by atoms with Crippen molar-refractivity contribution < 1.29 is 0 Å². The molecule has 1 atom stereocenters. The standard InChI is InChI=1S/C14H12Br2INS/c15-8-4-5-12(10(16)6-8)18-11-2-1-3-13-9(11)7-14(17)19-13/h4-7,11,18H,1-3H2. The Labute approximate surface area is 147 Å². The van der Waals surface area contributed by atoms with Crippen LogP contribution >= 0.6 is 65.8 Å². The molecule has 1 aromatic carbocycles. The number of hydrogen-bond acceptors (Lipinski definition) is 2. The van der Waals surface area contributed by atoms with Crippen LogP contribution in [0.3, 0.4) is 0 Å². The molecule has 0 spiro atoms. The molecule has 1 aliphatic carbocycles. The molecule has 0 saturated carbocycles. The van der Waals surface area contributed by atoms with E-state index in [2.05, 4.69) is 84.0 Å². The number of fused-ring (bicyclic) bond motifs is 1. The minimum absolute atomic E-state index is 0.445. The zero-order valence-corrected chi connectivity index (χ0v) is 16.2. The molecule has 1 heterocycles. The first-order chi connectivity index (χ1) is 9.13. The van der Waals surface area contributed by atoms with Gasteiger partial charge < -0.3 is 5.32 Å². The molecule has 0 aliphatic heterocycles. The fourth-order valence-electron chi connectivity index (χ4n) is 2.47. The van der Waals surface area contributed by atoms with Gasteiger partial charge in [-0.15, -0.1) is 11.3 Å². The van der Waals surface area contributed by atoms with Gasteiger partial charge in [-0.2, -0.15) is 0 Å². The van der Waals surface area contributed by atoms with Crippen LogP contribution < -0.4 is 5.32 Å². The molecule has 1 aromatic heterocycles. The van der Waals surface area contributed by atoms with E-state index >= 15 is 0 Å². The molecule has 1 N–H and O–H groups in total. The van der Waals surface area contributed by atoms with Crippen LogP contribution in [0.5, 0.6) is 0 Å². The van der Waals surface area contributed by atoms with Crippen molar-refractivity contribution in [2.75, 3.05) is 5.32 Å². The van der Waals surface area contributed by atoms with Crippen molar-refractivity contribution in [1.29, 1.82) is 0 Å². The van der Waals surface area contributed by atoms with Crippen molar-refractivity contribution in [1.82, 2.24) is 0 Å². The number of anilines is 1. The molecular formula is C14H12Br2INS. The number of rotatable bonds is 2. The van der Waals surface area contributed by atoms with Gasteiger partial charge in [0, 0.05) is 19.5 Å². The molecule has 0 amide bonds. The third kappa shape index (κ3) is 3.19. The Balaban J connectivity index is 1.88. The van der Waals surface area contributed by atoms with Crippen LogP contribution in [0.1, 0.15) is 29.3 Å². The van der Waals surface area contributed by atoms with E-state index in [-0.39, 0.29) is 0 Å². The quantitative estimate of drug-likeness (QED) is 0.461. The Morgan fingerprint density at radius 1 is 1.26 bits per heavy atom. The summed E-state index contributed by atoms with van der Waals surface area (Å²) in [5, 5.41) is 3.68. The second kappa shape index (κ2) is 6.03. The highest BCUT2D eigenvalue weighted by Gasteiger charge is 2.22. The zero-order chi connectivity index (χ0) is 13.4. The Hall–Kier alpha value is 0.410. The smallest absolute Gasteiger partial charge is 0.0660 e. The Bertz CT molecular complexity index is 611. The summed E-state index contributed by atoms with van der Waals surface area (Å²) in [6, 6.07) is 9.07. The van der Waals surface area contributed by atoms with E-state index in [0.29, 0.717) is 6.04 Å². The highest BCUT2D eigenvalue weighted by Crippen LogP contribution is 2.39. The Morgan fingerprint density at radius 3 is 2.89 bits per heavy atom. The summed E-state index contributed by atoms with van der Waals surface area (Å²) >= 11 is 11.5. The van der Waals surface area contributed by atoms with Crippen LogP contribution in [-0.2, 0) is 6.42 Å². The lowest BCUT2D eigenvalue weighted by atomic mass is 9.94. The lowest BCUT2D eigenvalue weighted by Gasteiger charge is -2.25. The van der Waals surface area contributed by atoms with Crippen LogP contribution in [0.25, 0.3) is 0 Å². The molecule has 5 heteroatoms. The minimum Gasteiger partial charge on any atom is -0.377 e. The van der Waals surface area contributed by atoms with Crippen molar-refractivity contribution in [2.24, 2.45) is 0 Å². The van der Waals surface area contributed by atoms with Gasteiger partial charge in [-0.3, -0.25) is 0 Å². The molecule has 0 saturated heterocycles. The van der Waals surface area contributed by atoms with E-state index in [0.717, 1.165) is 8.95 Å². The van der Waals surface area contributed by atoms with E-state index in [1.54, 1.807) is 4.88 Å². The van der Waals surface area contributed by atoms with Gasteiger partial charge in [-0.1, -0.05) is 15.9 Å². The first-order valence-electron chi connectivity index (χ1n) is 6.13. The third-order valence-electron chi connectivity index (χ3n) is 3.34. The first-order valence-corrected chi connectivity index (χ1v) is 9.61. The molecule has 0 bridgehead atoms. The SMILES string of the molecule is Brc1ccc(NC2CCCc3sc(I)cc32)c(Br)c1. The summed E-state index contributed by atoms with van der Waals surface area (Å²) in [6.07, 6.45) is 3.72. The summed E-state index contributed by atoms with van der Waals surface area (Å²) < 4.78 is 3.60. The average Bonchev–Trinajstić information content (AvgIpc) is 2.74. The van der Waals surface area contributed by atoms with E-state index < -0.39 is 0 Å². The Kier molecular flexibility index (Phi) is 4.56. The lowest BCUT2D eigenvalue weighted by Crippen LogP contribution is -2.15. The van der Waals surface area contributed by atoms with Gasteiger partial charge in [0.2, 0.25) is 0 Å². The monoisotopic (exact) mass is 511 g/mol. The molecule has 19 heavy (non-hydrogen) atoms. The maximum Gasteiger partial charge on any atom is 0.0660 e. The van der Waals surface area contributed by atoms with Gasteiger partial charge in [0.25, 0.3) is 0 Å². The number of halogens is 3. The molecule has 0 radical (unpaired) electrons. The van der Waals surface area contributed by atoms with Crippen molar-refractivity contribution in [2.45, 2.75) is 25.3 Å². The zero-order valence-electron chi connectivity index (χ0n) is 10.1. The van der Waals surface area contributed by atoms with Gasteiger partial charge in [0.05, 0.1) is 8.93 Å². The molecule has 100 valence electrons. The summed E-state index contributed by atoms with van der Waals surface area (Å²) in [7, 11) is 0. The first kappa shape index (κ1) is 14.4. The second-order valence-electron chi connectivity index (χ2n) is 4.64. The topological polar surface area (TPSA) is 12.0 Å². The van der Waals surface area contributed by atoms with Gasteiger partial charge in [0.15, 0.2) is 0 Å². The minimum atomic E-state index is 0.445. The third-order valence-corrected chi connectivity index (χ3v) is 6.47. The van der Waals surface area contributed by atoms with Crippen LogP contribution in [-0.4, -0.2) is 0 Å². The molecule has 3 rings (SSSR count). The molecule has 1 nitrogen and oxygen atoms in total. The van der Waals surface area contributed by atoms with E-state index in [1.165, 1.54) is 33.4 Å². The van der Waals surface area contributed by atoms with Gasteiger partial charge >= 0.3 is 0 Å². The van der Waals surface area contributed by atoms with Gasteiger partial charge in [-0.05, 0) is 87.6 Å². The highest BCUT2D eigenvalue weighted by molar-refractivity contribution is 14.1. The molecule has 1 unspecified atom stereocenters. The molecule has 0 fully saturated rings. The van der Waals surface area contributed by atoms with E-state index in [4.69, 9.17) is 0 Å². The fourth-order valence-corrected chi connectivity index (χ4v) is 5.75. The normalized spacial score (nSPS) is 18.2. The number of benzene rings is 1. The average molecular weight is 513 g/mol. The predicted molar refractivity (Wildman–Crippen MR) is 98.2 cm³/mol. The van der Waals surface area contributed by atoms with Crippen molar-refractivity contribution >= 4 is 71.5 Å². The van der Waals surface area contributed by atoms with Crippen LogP contribution in [0, 0.1) is 2.88 Å². The van der Waals surface area contributed by atoms with Crippen LogP contribution in [0.4, 0.5) is 5.69 Å². The number of hydrogen-bond donors (Lipinski definition) is 1. The summed E-state index contributed by atoms with van der Waals surface area (Å²) in [5.41, 5.74) is 2.66. The van der Waals surface area contributed by atoms with Crippen molar-refractivity contribution in [3.05, 3.63) is 46.5 Å². The predicted octanol–water partition coefficient (Wildman–Crippen LogP) is 6.37. The fraction of sp³-hybridized carbons (Fsp3) is 0.286. The summed E-state index contributed by atoms with van der Waals surface area (Å²) in [6.45, 7) is 0. The Morgan fingerprint density at radius 2 is 2.11 bits per heavy atom. The van der Waals surface area contributed by atoms with Crippen LogP contribution in [0.2, 0.25) is 0 Å². The van der Waals surface area contributed by atoms with Crippen LogP contribution in [0.15, 0.2) is 33.2 Å². The summed E-state index contributed by atoms with van der Waals surface area (Å²) in [5.74, 6) is 0. The number of aryl methyl sites for hydroxylation is 1. The molecule has 2 aromatic rings. The highest BCUT2D eigenvalue weighted by atomic mass is 127. The van der Waals surface area contributed by atoms with Crippen molar-refractivity contribution in [3.63, 3.8) is 0 Å². The number of thiophene rings is 1. The van der Waals surface area contributed by atoms with Gasteiger partial charge in [-0.25, -0.2) is 0 Å². The van der Waals surface area contributed by atoms with Gasteiger partial charge in [0.1, 0.15) is 0 Å². The molecule has 1 aliphatic rings. The molecular weight excluding hydrogens is 501 g/mol. The van der Waals surface area contributed by atoms with E-state index in [1.807, 2.05) is 11.3 Å². The maximum absolute atomic E-state index is 3.68. The largest absolute Gasteiger partial charge is 0.377 e. The maximum atomic E-state index is 3.68. The lowest BCUT2D eigenvalue weighted by molar-refractivity contribution is 0.608. The second-order valence-corrected chi connectivity index (χ2v) is 9.44.